The minimum absolute atomic E-state index is 0.147. The lowest BCUT2D eigenvalue weighted by Crippen LogP contribution is -2.46. The Kier molecular flexibility index (Phi) is 9.56. The molecule has 2 fully saturated rings. The van der Waals surface area contributed by atoms with Crippen LogP contribution in [-0.2, 0) is 30.3 Å². The first-order valence-electron chi connectivity index (χ1n) is 12.6. The second kappa shape index (κ2) is 11.9. The molecule has 2 aliphatic heterocycles. The maximum Gasteiger partial charge on any atom is 0.168 e. The van der Waals surface area contributed by atoms with E-state index in [2.05, 4.69) is 39.8 Å². The number of hydrogen-bond acceptors (Lipinski definition) is 5. The highest BCUT2D eigenvalue weighted by Crippen LogP contribution is 2.40. The first-order chi connectivity index (χ1) is 15.4. The van der Waals surface area contributed by atoms with Crippen LogP contribution in [0.1, 0.15) is 78.2 Å². The van der Waals surface area contributed by atoms with Gasteiger partial charge in [0.1, 0.15) is 0 Å². The molecule has 1 aromatic rings. The number of methoxy groups -OCH3 is 1. The van der Waals surface area contributed by atoms with E-state index in [4.69, 9.17) is 23.7 Å². The lowest BCUT2D eigenvalue weighted by Gasteiger charge is -2.44. The van der Waals surface area contributed by atoms with Crippen LogP contribution in [0.15, 0.2) is 30.3 Å². The third kappa shape index (κ3) is 6.54. The van der Waals surface area contributed by atoms with Crippen LogP contribution >= 0.6 is 0 Å². The standard InChI is InChI=1S/C27H44O5/c1-6-26(7-2)30-20-25(32-26)22(4)14-17-27(28-5)16-13-21(3)24(31-27)15-18-29-19-23-11-9-8-10-12-23/h8-12,21-22,24-25H,6-7,13-20H2,1-5H3/t21-,22-,24+,25-,27?/m0/s1. The van der Waals surface area contributed by atoms with Crippen LogP contribution in [0.4, 0.5) is 0 Å². The Labute approximate surface area is 195 Å². The fraction of sp³-hybridized carbons (Fsp3) is 0.778. The molecule has 1 aromatic carbocycles. The van der Waals surface area contributed by atoms with Crippen LogP contribution in [0.3, 0.4) is 0 Å². The minimum Gasteiger partial charge on any atom is -0.377 e. The number of hydrogen-bond donors (Lipinski definition) is 0. The lowest BCUT2D eigenvalue weighted by molar-refractivity contribution is -0.286. The predicted molar refractivity (Wildman–Crippen MR) is 126 cm³/mol. The molecule has 0 spiro atoms. The van der Waals surface area contributed by atoms with E-state index in [1.54, 1.807) is 7.11 Å². The molecule has 0 aromatic heterocycles. The number of benzene rings is 1. The Morgan fingerprint density at radius 1 is 1.12 bits per heavy atom. The second-order valence-electron chi connectivity index (χ2n) is 9.71. The van der Waals surface area contributed by atoms with Crippen LogP contribution in [0.25, 0.3) is 0 Å². The number of ether oxygens (including phenoxy) is 5. The van der Waals surface area contributed by atoms with Gasteiger partial charge < -0.3 is 23.7 Å². The van der Waals surface area contributed by atoms with Gasteiger partial charge in [-0.05, 0) is 49.5 Å². The van der Waals surface area contributed by atoms with E-state index in [9.17, 15) is 0 Å². The third-order valence-corrected chi connectivity index (χ3v) is 7.58. The van der Waals surface area contributed by atoms with E-state index < -0.39 is 5.79 Å². The minimum atomic E-state index is -0.503. The molecule has 0 radical (unpaired) electrons. The first kappa shape index (κ1) is 25.6. The molecule has 0 saturated carbocycles. The van der Waals surface area contributed by atoms with Gasteiger partial charge in [-0.15, -0.1) is 0 Å². The molecule has 1 unspecified atom stereocenters. The summed E-state index contributed by atoms with van der Waals surface area (Å²) < 4.78 is 30.9. The summed E-state index contributed by atoms with van der Waals surface area (Å²) in [6, 6.07) is 10.3. The van der Waals surface area contributed by atoms with Gasteiger partial charge in [-0.25, -0.2) is 0 Å². The van der Waals surface area contributed by atoms with E-state index in [0.717, 1.165) is 44.9 Å². The maximum atomic E-state index is 6.61. The summed E-state index contributed by atoms with van der Waals surface area (Å²) in [6.45, 7) is 10.8. The summed E-state index contributed by atoms with van der Waals surface area (Å²) in [4.78, 5) is 0. The average molecular weight is 449 g/mol. The van der Waals surface area contributed by atoms with Crippen molar-refractivity contribution in [2.75, 3.05) is 20.3 Å². The number of rotatable bonds is 12. The van der Waals surface area contributed by atoms with Gasteiger partial charge in [0.25, 0.3) is 0 Å². The molecule has 2 heterocycles. The fourth-order valence-electron chi connectivity index (χ4n) is 4.94. The molecule has 0 amide bonds. The van der Waals surface area contributed by atoms with Crippen LogP contribution in [-0.4, -0.2) is 44.1 Å². The van der Waals surface area contributed by atoms with Gasteiger partial charge in [0.15, 0.2) is 11.6 Å². The summed E-state index contributed by atoms with van der Waals surface area (Å²) >= 11 is 0. The molecular formula is C27H44O5. The van der Waals surface area contributed by atoms with Gasteiger partial charge in [0.2, 0.25) is 0 Å². The van der Waals surface area contributed by atoms with E-state index in [1.807, 2.05) is 18.2 Å². The zero-order valence-corrected chi connectivity index (χ0v) is 20.8. The summed E-state index contributed by atoms with van der Waals surface area (Å²) in [5, 5.41) is 0. The van der Waals surface area contributed by atoms with Crippen molar-refractivity contribution in [2.24, 2.45) is 11.8 Å². The summed E-state index contributed by atoms with van der Waals surface area (Å²) in [5.74, 6) is 0.0195. The Bertz CT molecular complexity index is 661. The average Bonchev–Trinajstić information content (AvgIpc) is 3.28. The second-order valence-corrected chi connectivity index (χ2v) is 9.71. The first-order valence-corrected chi connectivity index (χ1v) is 12.6. The SMILES string of the molecule is CCC1(CC)OC[C@@H]([C@@H](C)CCC2(OC)CC[C@H](C)[C@@H](CCOCc3ccccc3)O2)O1. The zero-order valence-electron chi connectivity index (χ0n) is 20.8. The quantitative estimate of drug-likeness (QED) is 0.362. The van der Waals surface area contributed by atoms with Crippen molar-refractivity contribution in [2.45, 2.75) is 103 Å². The molecule has 0 N–H and O–H groups in total. The van der Waals surface area contributed by atoms with E-state index in [0.29, 0.717) is 31.7 Å². The van der Waals surface area contributed by atoms with Gasteiger partial charge in [0.05, 0.1) is 25.4 Å². The van der Waals surface area contributed by atoms with Gasteiger partial charge in [0, 0.05) is 26.6 Å². The smallest absolute Gasteiger partial charge is 0.168 e. The van der Waals surface area contributed by atoms with Crippen molar-refractivity contribution >= 4 is 0 Å². The third-order valence-electron chi connectivity index (χ3n) is 7.58. The molecular weight excluding hydrogens is 404 g/mol. The molecule has 0 aliphatic carbocycles. The van der Waals surface area contributed by atoms with Crippen molar-refractivity contribution < 1.29 is 23.7 Å². The van der Waals surface area contributed by atoms with E-state index in [1.165, 1.54) is 5.56 Å². The van der Waals surface area contributed by atoms with Gasteiger partial charge in [-0.2, -0.15) is 0 Å². The highest BCUT2D eigenvalue weighted by atomic mass is 16.7. The van der Waals surface area contributed by atoms with Gasteiger partial charge in [-0.3, -0.25) is 0 Å². The molecule has 2 saturated heterocycles. The van der Waals surface area contributed by atoms with Crippen LogP contribution < -0.4 is 0 Å². The van der Waals surface area contributed by atoms with Crippen LogP contribution in [0, 0.1) is 11.8 Å². The van der Waals surface area contributed by atoms with Crippen LogP contribution in [0.5, 0.6) is 0 Å². The van der Waals surface area contributed by atoms with Crippen molar-refractivity contribution in [3.05, 3.63) is 35.9 Å². The van der Waals surface area contributed by atoms with Crippen molar-refractivity contribution in [1.82, 2.24) is 0 Å². The molecule has 5 heteroatoms. The molecule has 5 atom stereocenters. The lowest BCUT2D eigenvalue weighted by atomic mass is 9.86. The highest BCUT2D eigenvalue weighted by Gasteiger charge is 2.43. The molecule has 5 nitrogen and oxygen atoms in total. The van der Waals surface area contributed by atoms with Crippen molar-refractivity contribution in [3.63, 3.8) is 0 Å². The van der Waals surface area contributed by atoms with Gasteiger partial charge in [-0.1, -0.05) is 58.0 Å². The molecule has 3 rings (SSSR count). The Morgan fingerprint density at radius 2 is 1.88 bits per heavy atom. The normalized spacial score (nSPS) is 31.0. The monoisotopic (exact) mass is 448 g/mol. The van der Waals surface area contributed by atoms with Gasteiger partial charge >= 0.3 is 0 Å². The Hall–Kier alpha value is -0.980. The van der Waals surface area contributed by atoms with Crippen LogP contribution in [0.2, 0.25) is 0 Å². The topological polar surface area (TPSA) is 46.2 Å². The predicted octanol–water partition coefficient (Wildman–Crippen LogP) is 6.10. The molecule has 182 valence electrons. The van der Waals surface area contributed by atoms with E-state index in [-0.39, 0.29) is 18.0 Å². The summed E-state index contributed by atoms with van der Waals surface area (Å²) in [6.07, 6.45) is 6.91. The fourth-order valence-corrected chi connectivity index (χ4v) is 4.94. The highest BCUT2D eigenvalue weighted by molar-refractivity contribution is 5.13. The van der Waals surface area contributed by atoms with Crippen molar-refractivity contribution in [1.29, 1.82) is 0 Å². The zero-order chi connectivity index (χ0) is 23.0. The Balaban J connectivity index is 1.47. The molecule has 2 aliphatic rings. The molecule has 32 heavy (non-hydrogen) atoms. The largest absolute Gasteiger partial charge is 0.377 e. The Morgan fingerprint density at radius 3 is 2.53 bits per heavy atom. The molecule has 0 bridgehead atoms. The summed E-state index contributed by atoms with van der Waals surface area (Å²) in [5.41, 5.74) is 1.21. The van der Waals surface area contributed by atoms with Crippen molar-refractivity contribution in [3.8, 4) is 0 Å². The maximum absolute atomic E-state index is 6.61. The van der Waals surface area contributed by atoms with E-state index >= 15 is 0 Å². The summed E-state index contributed by atoms with van der Waals surface area (Å²) in [7, 11) is 1.79.